The molecule has 2 aliphatic carbocycles. The van der Waals surface area contributed by atoms with Crippen molar-refractivity contribution in [3.63, 3.8) is 0 Å². The summed E-state index contributed by atoms with van der Waals surface area (Å²) in [6.45, 7) is 11.0. The maximum Gasteiger partial charge on any atom is 0.320 e. The van der Waals surface area contributed by atoms with E-state index < -0.39 is 24.0 Å². The van der Waals surface area contributed by atoms with E-state index in [9.17, 15) is 9.59 Å². The first-order valence-corrected chi connectivity index (χ1v) is 15.8. The largest absolute Gasteiger partial charge is 0.480 e. The van der Waals surface area contributed by atoms with E-state index in [1.807, 2.05) is 0 Å². The summed E-state index contributed by atoms with van der Waals surface area (Å²) in [4.78, 5) is 24.9. The van der Waals surface area contributed by atoms with Gasteiger partial charge in [0.05, 0.1) is 11.4 Å². The summed E-state index contributed by atoms with van der Waals surface area (Å²) in [5.41, 5.74) is 12.7. The standard InChI is InChI=1S/C21H35N5.2C5H11NO2.Mn.6H2S/c1-3-10-20-18(8-1)22-12-13-23-19-9-2-4-11-21(19)25-15-17-7-5-6-16(26-17)14-24-20;2*1-3(2)4(6)5(7)8;;;;;;;/h5-7,18-25H,1-4,8-15H2;2*3-4H,6H2,1-2H3,(H,7,8);;6*1H2/t18-,19-,20-,21-;2*4-;;;;;;;/m000......./s1. The second kappa shape index (κ2) is 34.3. The third-order valence-electron chi connectivity index (χ3n) is 8.43. The first-order chi connectivity index (χ1) is 20.0. The average Bonchev–Trinajstić information content (AvgIpc) is 2.98. The van der Waals surface area contributed by atoms with Crippen molar-refractivity contribution in [1.29, 1.82) is 0 Å². The van der Waals surface area contributed by atoms with E-state index in [0.29, 0.717) is 24.2 Å². The molecule has 1 radical (unpaired) electrons. The van der Waals surface area contributed by atoms with Crippen molar-refractivity contribution in [2.75, 3.05) is 13.1 Å². The Kier molecular flexibility index (Phi) is 43.0. The van der Waals surface area contributed by atoms with Gasteiger partial charge < -0.3 is 42.9 Å². The fourth-order valence-corrected chi connectivity index (χ4v) is 5.52. The van der Waals surface area contributed by atoms with Crippen molar-refractivity contribution in [3.05, 3.63) is 29.6 Å². The van der Waals surface area contributed by atoms with Gasteiger partial charge in [0, 0.05) is 67.4 Å². The van der Waals surface area contributed by atoms with Crippen molar-refractivity contribution >= 4 is 92.9 Å². The van der Waals surface area contributed by atoms with Crippen LogP contribution in [0, 0.1) is 11.8 Å². The number of carboxylic acid groups (broad SMARTS) is 2. The summed E-state index contributed by atoms with van der Waals surface area (Å²) in [5.74, 6) is -1.82. The molecule has 0 spiro atoms. The van der Waals surface area contributed by atoms with Crippen LogP contribution in [0.4, 0.5) is 0 Å². The first kappa shape index (κ1) is 61.5. The monoisotopic (exact) mass is 850 g/mol. The van der Waals surface area contributed by atoms with Gasteiger partial charge in [-0.2, -0.15) is 81.0 Å². The van der Waals surface area contributed by atoms with E-state index in [2.05, 4.69) is 39.5 Å². The molecule has 2 heterocycles. The Labute approximate surface area is 348 Å². The Balaban J connectivity index is -0.000000172. The van der Waals surface area contributed by atoms with Gasteiger partial charge in [-0.1, -0.05) is 59.4 Å². The molecule has 0 saturated heterocycles. The number of carbonyl (C=O) groups is 2. The quantitative estimate of drug-likeness (QED) is 0.208. The molecule has 4 rings (SSSR count). The summed E-state index contributed by atoms with van der Waals surface area (Å²) in [6.07, 6.45) is 10.5. The molecule has 11 nitrogen and oxygen atoms in total. The van der Waals surface area contributed by atoms with Gasteiger partial charge in [0.2, 0.25) is 0 Å². The number of fused-ring (bicyclic) bond motifs is 4. The SMILES string of the molecule is CC(C)[C@H](N)C(=O)O.CC(C)[C@H](N)C(=O)O.S.S.S.S.S.S.[Mn].c1cc2nc(c1)CN[C@H]1CCCC[C@@H]1NCCN[C@H]1CCCC[C@@H]1NC2. The predicted molar refractivity (Wildman–Crippen MR) is 229 cm³/mol. The zero-order valence-electron chi connectivity index (χ0n) is 29.5. The zero-order chi connectivity index (χ0) is 31.1. The molecule has 0 aromatic carbocycles. The number of rotatable bonds is 4. The van der Waals surface area contributed by atoms with E-state index in [0.717, 1.165) is 26.2 Å². The van der Waals surface area contributed by atoms with Gasteiger partial charge in [-0.05, 0) is 49.7 Å². The fourth-order valence-electron chi connectivity index (χ4n) is 5.52. The second-order valence-corrected chi connectivity index (χ2v) is 12.5. The van der Waals surface area contributed by atoms with Gasteiger partial charge in [0.25, 0.3) is 0 Å². The normalized spacial score (nSPS) is 22.6. The van der Waals surface area contributed by atoms with Gasteiger partial charge in [-0.25, -0.2) is 0 Å². The third-order valence-corrected chi connectivity index (χ3v) is 8.43. The van der Waals surface area contributed by atoms with E-state index in [4.69, 9.17) is 26.7 Å². The van der Waals surface area contributed by atoms with Gasteiger partial charge >= 0.3 is 11.9 Å². The van der Waals surface area contributed by atoms with Crippen molar-refractivity contribution in [3.8, 4) is 0 Å². The van der Waals surface area contributed by atoms with Gasteiger partial charge in [-0.15, -0.1) is 0 Å². The van der Waals surface area contributed by atoms with Crippen LogP contribution in [0.15, 0.2) is 18.2 Å². The third kappa shape index (κ3) is 24.4. The molecule has 295 valence electrons. The molecule has 0 amide bonds. The first-order valence-electron chi connectivity index (χ1n) is 15.8. The maximum absolute atomic E-state index is 10.0. The molecular weight excluding hydrogens is 782 g/mol. The van der Waals surface area contributed by atoms with Crippen LogP contribution in [0.2, 0.25) is 0 Å². The summed E-state index contributed by atoms with van der Waals surface area (Å²) in [7, 11) is 0. The predicted octanol–water partition coefficient (Wildman–Crippen LogP) is 2.86. The number of nitrogens with two attached hydrogens (primary N) is 2. The number of aromatic nitrogens is 1. The number of hydrogen-bond acceptors (Lipinski definition) is 9. The minimum Gasteiger partial charge on any atom is -0.480 e. The summed E-state index contributed by atoms with van der Waals surface area (Å²) in [5, 5.41) is 31.7. The number of aliphatic carboxylic acids is 2. The Bertz CT molecular complexity index is 896. The molecule has 18 heteroatoms. The molecule has 10 N–H and O–H groups in total. The number of nitrogens with one attached hydrogen (secondary N) is 4. The van der Waals surface area contributed by atoms with Crippen LogP contribution >= 0.6 is 81.0 Å². The topological polar surface area (TPSA) is 188 Å². The Hall–Kier alpha value is 0.469. The van der Waals surface area contributed by atoms with Gasteiger partial charge in [0.1, 0.15) is 12.1 Å². The summed E-state index contributed by atoms with van der Waals surface area (Å²) < 4.78 is 0. The van der Waals surface area contributed by atoms with E-state index in [1.54, 1.807) is 27.7 Å². The minimum atomic E-state index is -0.931. The molecule has 6 atom stereocenters. The molecule has 1 aromatic rings. The van der Waals surface area contributed by atoms with Crippen molar-refractivity contribution < 1.29 is 36.9 Å². The molecule has 2 bridgehead atoms. The van der Waals surface area contributed by atoms with Gasteiger partial charge in [-0.3, -0.25) is 14.6 Å². The molecule has 0 unspecified atom stereocenters. The van der Waals surface area contributed by atoms with E-state index >= 15 is 0 Å². The fraction of sp³-hybridized carbons (Fsp3) is 0.774. The van der Waals surface area contributed by atoms with Crippen LogP contribution in [0.5, 0.6) is 0 Å². The molecule has 1 aromatic heterocycles. The minimum absolute atomic E-state index is 0. The second-order valence-electron chi connectivity index (χ2n) is 12.5. The Morgan fingerprint density at radius 1 is 0.633 bits per heavy atom. The van der Waals surface area contributed by atoms with Crippen LogP contribution in [0.1, 0.15) is 90.4 Å². The zero-order valence-corrected chi connectivity index (χ0v) is 36.7. The number of nitrogens with zero attached hydrogens (tertiary/aromatic N) is 1. The summed E-state index contributed by atoms with van der Waals surface area (Å²) in [6, 6.07) is 7.38. The molecule has 1 aliphatic heterocycles. The number of hydrogen-bond donors (Lipinski definition) is 8. The van der Waals surface area contributed by atoms with Crippen LogP contribution in [0.3, 0.4) is 0 Å². The molecule has 49 heavy (non-hydrogen) atoms. The van der Waals surface area contributed by atoms with E-state index in [-0.39, 0.29) is 110 Å². The number of carboxylic acids is 2. The maximum atomic E-state index is 10.0. The molecule has 3 aliphatic rings. The molecule has 2 fully saturated rings. The van der Waals surface area contributed by atoms with Crippen LogP contribution < -0.4 is 32.7 Å². The Morgan fingerprint density at radius 2 is 0.918 bits per heavy atom. The van der Waals surface area contributed by atoms with Crippen molar-refractivity contribution in [2.45, 2.75) is 128 Å². The van der Waals surface area contributed by atoms with Crippen molar-refractivity contribution in [1.82, 2.24) is 26.3 Å². The molecular formula is C31H69MnN7O4S6. The van der Waals surface area contributed by atoms with Crippen molar-refractivity contribution in [2.24, 2.45) is 23.3 Å². The van der Waals surface area contributed by atoms with Crippen LogP contribution in [-0.4, -0.2) is 76.5 Å². The average molecular weight is 851 g/mol. The Morgan fingerprint density at radius 3 is 1.16 bits per heavy atom. The van der Waals surface area contributed by atoms with Crippen LogP contribution in [-0.2, 0) is 39.7 Å². The molecule has 2 saturated carbocycles. The number of pyridine rings is 1. The smallest absolute Gasteiger partial charge is 0.320 e. The van der Waals surface area contributed by atoms with Gasteiger partial charge in [0.15, 0.2) is 0 Å². The van der Waals surface area contributed by atoms with E-state index in [1.165, 1.54) is 62.8 Å². The van der Waals surface area contributed by atoms with Crippen LogP contribution in [0.25, 0.3) is 0 Å². The summed E-state index contributed by atoms with van der Waals surface area (Å²) >= 11 is 0.